The second-order valence-electron chi connectivity index (χ2n) is 6.86. The van der Waals surface area contributed by atoms with Gasteiger partial charge in [-0.2, -0.15) is 0 Å². The second-order valence-corrected chi connectivity index (χ2v) is 7.27. The average Bonchev–Trinajstić information content (AvgIpc) is 2.65. The van der Waals surface area contributed by atoms with E-state index in [1.807, 2.05) is 31.2 Å². The lowest BCUT2D eigenvalue weighted by atomic mass is 9.91. The molecule has 3 rings (SSSR count). The van der Waals surface area contributed by atoms with Crippen molar-refractivity contribution in [1.29, 1.82) is 0 Å². The summed E-state index contributed by atoms with van der Waals surface area (Å²) >= 11 is 6.32. The maximum absolute atomic E-state index is 13.9. The van der Waals surface area contributed by atoms with Crippen molar-refractivity contribution >= 4 is 11.6 Å². The minimum Gasteiger partial charge on any atom is -0.494 e. The molecule has 0 spiro atoms. The SMILES string of the molecule is CCOc1ccc(Cc2cc(C3OC(CO)C(F)(F)CC3O)ccc2Cl)cc1. The quantitative estimate of drug-likeness (QED) is 0.748. The smallest absolute Gasteiger partial charge is 0.278 e. The van der Waals surface area contributed by atoms with E-state index in [0.717, 1.165) is 16.9 Å². The number of halogens is 3. The van der Waals surface area contributed by atoms with Gasteiger partial charge in [0.2, 0.25) is 0 Å². The summed E-state index contributed by atoms with van der Waals surface area (Å²) < 4.78 is 38.5. The van der Waals surface area contributed by atoms with Gasteiger partial charge in [0, 0.05) is 11.4 Å². The molecule has 0 aromatic heterocycles. The highest BCUT2D eigenvalue weighted by atomic mass is 35.5. The van der Waals surface area contributed by atoms with Gasteiger partial charge in [-0.1, -0.05) is 35.9 Å². The van der Waals surface area contributed by atoms with Gasteiger partial charge in [0.1, 0.15) is 18.0 Å². The van der Waals surface area contributed by atoms with Gasteiger partial charge < -0.3 is 19.7 Å². The number of hydrogen-bond donors (Lipinski definition) is 2. The van der Waals surface area contributed by atoms with Crippen LogP contribution in [-0.2, 0) is 11.2 Å². The first-order chi connectivity index (χ1) is 13.3. The zero-order chi connectivity index (χ0) is 20.3. The molecule has 0 aliphatic carbocycles. The molecule has 1 saturated heterocycles. The van der Waals surface area contributed by atoms with Crippen LogP contribution in [0.25, 0.3) is 0 Å². The number of alkyl halides is 2. The van der Waals surface area contributed by atoms with E-state index in [0.29, 0.717) is 23.6 Å². The van der Waals surface area contributed by atoms with Crippen LogP contribution in [0.15, 0.2) is 42.5 Å². The zero-order valence-electron chi connectivity index (χ0n) is 15.4. The third-order valence-electron chi connectivity index (χ3n) is 4.81. The van der Waals surface area contributed by atoms with Crippen molar-refractivity contribution in [2.75, 3.05) is 13.2 Å². The molecular weight excluding hydrogens is 390 g/mol. The van der Waals surface area contributed by atoms with Crippen molar-refractivity contribution in [3.63, 3.8) is 0 Å². The molecular formula is C21H23ClF2O4. The fraction of sp³-hybridized carbons (Fsp3) is 0.429. The van der Waals surface area contributed by atoms with E-state index in [9.17, 15) is 19.0 Å². The summed E-state index contributed by atoms with van der Waals surface area (Å²) in [5.74, 6) is -2.50. The van der Waals surface area contributed by atoms with Crippen molar-refractivity contribution in [2.24, 2.45) is 0 Å². The van der Waals surface area contributed by atoms with Crippen LogP contribution in [0.3, 0.4) is 0 Å². The van der Waals surface area contributed by atoms with Crippen molar-refractivity contribution in [3.8, 4) is 5.75 Å². The monoisotopic (exact) mass is 412 g/mol. The molecule has 0 bridgehead atoms. The Kier molecular flexibility index (Phi) is 6.55. The van der Waals surface area contributed by atoms with E-state index in [4.69, 9.17) is 21.1 Å². The number of aliphatic hydroxyl groups is 2. The third-order valence-corrected chi connectivity index (χ3v) is 5.17. The molecule has 3 unspecified atom stereocenters. The van der Waals surface area contributed by atoms with E-state index >= 15 is 0 Å². The molecule has 2 aromatic carbocycles. The molecule has 7 heteroatoms. The van der Waals surface area contributed by atoms with Gasteiger partial charge in [0.15, 0.2) is 0 Å². The van der Waals surface area contributed by atoms with Crippen LogP contribution < -0.4 is 4.74 Å². The van der Waals surface area contributed by atoms with Crippen LogP contribution in [0.5, 0.6) is 5.75 Å². The van der Waals surface area contributed by atoms with E-state index in [2.05, 4.69) is 0 Å². The molecule has 28 heavy (non-hydrogen) atoms. The lowest BCUT2D eigenvalue weighted by Gasteiger charge is -2.39. The second kappa shape index (κ2) is 8.74. The first-order valence-electron chi connectivity index (χ1n) is 9.16. The predicted octanol–water partition coefficient (Wildman–Crippen LogP) is 4.15. The van der Waals surface area contributed by atoms with E-state index in [1.165, 1.54) is 0 Å². The van der Waals surface area contributed by atoms with Crippen LogP contribution >= 0.6 is 11.6 Å². The fourth-order valence-corrected chi connectivity index (χ4v) is 3.54. The third kappa shape index (κ3) is 4.63. The zero-order valence-corrected chi connectivity index (χ0v) is 16.2. The summed E-state index contributed by atoms with van der Waals surface area (Å²) in [7, 11) is 0. The van der Waals surface area contributed by atoms with Crippen LogP contribution in [0.1, 0.15) is 36.1 Å². The summed E-state index contributed by atoms with van der Waals surface area (Å²) in [4.78, 5) is 0. The standard InChI is InChI=1S/C21H23ClF2O4/c1-2-27-16-6-3-13(4-7-16)9-15-10-14(5-8-17(15)22)20-18(26)11-21(23,24)19(12-25)28-20/h3-8,10,18-20,25-26H,2,9,11-12H2,1H3. The maximum Gasteiger partial charge on any atom is 0.278 e. The summed E-state index contributed by atoms with van der Waals surface area (Å²) in [6.45, 7) is 1.69. The Bertz CT molecular complexity index is 797. The summed E-state index contributed by atoms with van der Waals surface area (Å²) in [5, 5.41) is 19.9. The lowest BCUT2D eigenvalue weighted by Crippen LogP contribution is -2.49. The van der Waals surface area contributed by atoms with Gasteiger partial charge in [-0.05, 0) is 48.2 Å². The summed E-state index contributed by atoms with van der Waals surface area (Å²) in [5.41, 5.74) is 2.34. The number of rotatable bonds is 6. The van der Waals surface area contributed by atoms with E-state index in [1.54, 1.807) is 18.2 Å². The Balaban J connectivity index is 1.81. The van der Waals surface area contributed by atoms with Crippen molar-refractivity contribution in [2.45, 2.75) is 44.0 Å². The molecule has 1 aliphatic rings. The molecule has 1 fully saturated rings. The van der Waals surface area contributed by atoms with E-state index < -0.39 is 37.3 Å². The number of benzene rings is 2. The summed E-state index contributed by atoms with van der Waals surface area (Å²) in [6, 6.07) is 12.7. The average molecular weight is 413 g/mol. The molecule has 0 radical (unpaired) electrons. The predicted molar refractivity (Wildman–Crippen MR) is 102 cm³/mol. The molecule has 4 nitrogen and oxygen atoms in total. The van der Waals surface area contributed by atoms with Gasteiger partial charge in [0.25, 0.3) is 5.92 Å². The molecule has 1 heterocycles. The van der Waals surface area contributed by atoms with E-state index in [-0.39, 0.29) is 0 Å². The van der Waals surface area contributed by atoms with Gasteiger partial charge in [0.05, 0.1) is 19.3 Å². The van der Waals surface area contributed by atoms with Gasteiger partial charge in [-0.3, -0.25) is 0 Å². The van der Waals surface area contributed by atoms with Crippen LogP contribution in [0.4, 0.5) is 8.78 Å². The molecule has 2 aromatic rings. The molecule has 3 atom stereocenters. The highest BCUT2D eigenvalue weighted by molar-refractivity contribution is 6.31. The number of aliphatic hydroxyl groups excluding tert-OH is 2. The number of hydrogen-bond acceptors (Lipinski definition) is 4. The molecule has 2 N–H and O–H groups in total. The largest absolute Gasteiger partial charge is 0.494 e. The Morgan fingerprint density at radius 3 is 2.57 bits per heavy atom. The lowest BCUT2D eigenvalue weighted by molar-refractivity contribution is -0.246. The van der Waals surface area contributed by atoms with Crippen molar-refractivity contribution in [1.82, 2.24) is 0 Å². The van der Waals surface area contributed by atoms with Crippen LogP contribution in [0.2, 0.25) is 5.02 Å². The molecule has 152 valence electrons. The molecule has 0 amide bonds. The Morgan fingerprint density at radius 2 is 1.93 bits per heavy atom. The highest BCUT2D eigenvalue weighted by Crippen LogP contribution is 2.41. The Hall–Kier alpha value is -1.73. The van der Waals surface area contributed by atoms with Crippen molar-refractivity contribution < 1.29 is 28.5 Å². The maximum atomic E-state index is 13.9. The normalized spacial score (nSPS) is 24.1. The first kappa shape index (κ1) is 21.0. The Labute approximate surface area is 167 Å². The first-order valence-corrected chi connectivity index (χ1v) is 9.54. The van der Waals surface area contributed by atoms with Gasteiger partial charge in [-0.15, -0.1) is 0 Å². The van der Waals surface area contributed by atoms with Gasteiger partial charge >= 0.3 is 0 Å². The summed E-state index contributed by atoms with van der Waals surface area (Å²) in [6.07, 6.45) is -4.21. The fourth-order valence-electron chi connectivity index (χ4n) is 3.36. The molecule has 1 aliphatic heterocycles. The van der Waals surface area contributed by atoms with Crippen molar-refractivity contribution in [3.05, 3.63) is 64.2 Å². The molecule has 0 saturated carbocycles. The van der Waals surface area contributed by atoms with Crippen LogP contribution in [0, 0.1) is 0 Å². The number of ether oxygens (including phenoxy) is 2. The highest BCUT2D eigenvalue weighted by Gasteiger charge is 2.50. The topological polar surface area (TPSA) is 58.9 Å². The Morgan fingerprint density at radius 1 is 1.21 bits per heavy atom. The van der Waals surface area contributed by atoms with Crippen LogP contribution in [-0.4, -0.2) is 41.6 Å². The minimum absolute atomic E-state index is 0.529. The minimum atomic E-state index is -3.28. The van der Waals surface area contributed by atoms with Gasteiger partial charge in [-0.25, -0.2) is 8.78 Å².